The Labute approximate surface area is 117 Å². The van der Waals surface area contributed by atoms with Crippen molar-refractivity contribution in [1.82, 2.24) is 14.8 Å². The van der Waals surface area contributed by atoms with E-state index in [2.05, 4.69) is 15.0 Å². The van der Waals surface area contributed by atoms with Crippen molar-refractivity contribution in [2.24, 2.45) is 7.05 Å². The first kappa shape index (κ1) is 12.9. The van der Waals surface area contributed by atoms with E-state index in [4.69, 9.17) is 4.74 Å². The van der Waals surface area contributed by atoms with Gasteiger partial charge in [-0.3, -0.25) is 9.67 Å². The summed E-state index contributed by atoms with van der Waals surface area (Å²) in [5.74, 6) is 0.685. The molecule has 2 atom stereocenters. The summed E-state index contributed by atoms with van der Waals surface area (Å²) in [7, 11) is 1.84. The summed E-state index contributed by atoms with van der Waals surface area (Å²) in [5, 5.41) is 14.2. The number of nitrogens with zero attached hydrogens (tertiary/aromatic N) is 4. The van der Waals surface area contributed by atoms with Gasteiger partial charge in [0.1, 0.15) is 12.2 Å². The van der Waals surface area contributed by atoms with E-state index in [1.54, 1.807) is 23.3 Å². The van der Waals surface area contributed by atoms with Crippen LogP contribution in [0.15, 0.2) is 30.7 Å². The average Bonchev–Trinajstić information content (AvgIpc) is 2.97. The molecule has 0 amide bonds. The molecule has 1 N–H and O–H groups in total. The summed E-state index contributed by atoms with van der Waals surface area (Å²) in [6, 6.07) is 3.96. The SMILES string of the molecule is Cc1cc(N2C[C@@H](O)[C@H](Oc3cnn(C)c3)C2)ccn1. The molecule has 1 aliphatic rings. The summed E-state index contributed by atoms with van der Waals surface area (Å²) in [4.78, 5) is 6.30. The molecular weight excluding hydrogens is 256 g/mol. The monoisotopic (exact) mass is 274 g/mol. The van der Waals surface area contributed by atoms with E-state index in [0.717, 1.165) is 11.4 Å². The topological polar surface area (TPSA) is 63.4 Å². The number of aryl methyl sites for hydroxylation is 2. The molecule has 6 nitrogen and oxygen atoms in total. The van der Waals surface area contributed by atoms with Crippen LogP contribution < -0.4 is 9.64 Å². The van der Waals surface area contributed by atoms with Crippen LogP contribution in [0.25, 0.3) is 0 Å². The molecular formula is C14H18N4O2. The van der Waals surface area contributed by atoms with Crippen molar-refractivity contribution in [1.29, 1.82) is 0 Å². The molecule has 106 valence electrons. The zero-order chi connectivity index (χ0) is 14.1. The molecule has 3 rings (SSSR count). The second kappa shape index (κ2) is 5.13. The van der Waals surface area contributed by atoms with E-state index < -0.39 is 6.10 Å². The number of β-amino-alcohol motifs (C(OH)–C–C–N with tert-alkyl or cyclic N) is 1. The smallest absolute Gasteiger partial charge is 0.157 e. The number of anilines is 1. The molecule has 20 heavy (non-hydrogen) atoms. The fraction of sp³-hybridized carbons (Fsp3) is 0.429. The molecule has 1 aliphatic heterocycles. The number of rotatable bonds is 3. The first-order valence-corrected chi connectivity index (χ1v) is 6.63. The van der Waals surface area contributed by atoms with Gasteiger partial charge in [0.15, 0.2) is 5.75 Å². The van der Waals surface area contributed by atoms with Gasteiger partial charge in [0.05, 0.1) is 18.9 Å². The number of aliphatic hydroxyl groups excluding tert-OH is 1. The molecule has 2 aromatic heterocycles. The summed E-state index contributed by atoms with van der Waals surface area (Å²) in [5.41, 5.74) is 2.03. The predicted molar refractivity (Wildman–Crippen MR) is 74.8 cm³/mol. The summed E-state index contributed by atoms with van der Waals surface area (Å²) >= 11 is 0. The molecule has 6 heteroatoms. The van der Waals surface area contributed by atoms with Crippen molar-refractivity contribution < 1.29 is 9.84 Å². The molecule has 0 spiro atoms. The fourth-order valence-electron chi connectivity index (χ4n) is 2.45. The molecule has 1 saturated heterocycles. The van der Waals surface area contributed by atoms with Gasteiger partial charge in [-0.2, -0.15) is 5.10 Å². The lowest BCUT2D eigenvalue weighted by atomic mass is 10.3. The quantitative estimate of drug-likeness (QED) is 0.895. The Hall–Kier alpha value is -2.08. The van der Waals surface area contributed by atoms with E-state index in [9.17, 15) is 5.11 Å². The second-order valence-corrected chi connectivity index (χ2v) is 5.13. The Morgan fingerprint density at radius 3 is 2.95 bits per heavy atom. The van der Waals surface area contributed by atoms with Crippen LogP contribution in [0.2, 0.25) is 0 Å². The van der Waals surface area contributed by atoms with E-state index in [1.165, 1.54) is 0 Å². The summed E-state index contributed by atoms with van der Waals surface area (Å²) < 4.78 is 7.48. The average molecular weight is 274 g/mol. The first-order valence-electron chi connectivity index (χ1n) is 6.63. The Bertz CT molecular complexity index is 598. The van der Waals surface area contributed by atoms with Gasteiger partial charge in [-0.05, 0) is 19.1 Å². The highest BCUT2D eigenvalue weighted by molar-refractivity contribution is 5.48. The Morgan fingerprint density at radius 1 is 1.40 bits per heavy atom. The third-order valence-electron chi connectivity index (χ3n) is 3.45. The largest absolute Gasteiger partial charge is 0.482 e. The van der Waals surface area contributed by atoms with E-state index in [0.29, 0.717) is 18.8 Å². The highest BCUT2D eigenvalue weighted by Gasteiger charge is 2.33. The number of hydrogen-bond donors (Lipinski definition) is 1. The zero-order valence-corrected chi connectivity index (χ0v) is 11.6. The minimum Gasteiger partial charge on any atom is -0.482 e. The van der Waals surface area contributed by atoms with Gasteiger partial charge in [0, 0.05) is 31.2 Å². The molecule has 0 unspecified atom stereocenters. The lowest BCUT2D eigenvalue weighted by Crippen LogP contribution is -2.29. The molecule has 0 radical (unpaired) electrons. The van der Waals surface area contributed by atoms with Gasteiger partial charge < -0.3 is 14.7 Å². The molecule has 1 fully saturated rings. The van der Waals surface area contributed by atoms with Crippen LogP contribution in [-0.4, -0.2) is 45.2 Å². The van der Waals surface area contributed by atoms with Crippen molar-refractivity contribution in [2.45, 2.75) is 19.1 Å². The highest BCUT2D eigenvalue weighted by Crippen LogP contribution is 2.23. The van der Waals surface area contributed by atoms with Crippen LogP contribution in [0.1, 0.15) is 5.69 Å². The number of pyridine rings is 1. The number of aromatic nitrogens is 3. The van der Waals surface area contributed by atoms with Crippen LogP contribution in [0.3, 0.4) is 0 Å². The van der Waals surface area contributed by atoms with E-state index in [-0.39, 0.29) is 6.10 Å². The van der Waals surface area contributed by atoms with Crippen LogP contribution in [0.5, 0.6) is 5.75 Å². The Balaban J connectivity index is 1.70. The molecule has 0 saturated carbocycles. The van der Waals surface area contributed by atoms with Crippen LogP contribution in [-0.2, 0) is 7.05 Å². The van der Waals surface area contributed by atoms with Crippen molar-refractivity contribution in [3.63, 3.8) is 0 Å². The van der Waals surface area contributed by atoms with E-state index >= 15 is 0 Å². The Kier molecular flexibility index (Phi) is 3.31. The standard InChI is InChI=1S/C14H18N4O2/c1-10-5-11(3-4-15-10)18-8-13(19)14(9-18)20-12-6-16-17(2)7-12/h3-7,13-14,19H,8-9H2,1-2H3/t13-,14-/m1/s1. The van der Waals surface area contributed by atoms with Crippen LogP contribution in [0, 0.1) is 6.92 Å². The number of hydrogen-bond acceptors (Lipinski definition) is 5. The van der Waals surface area contributed by atoms with Crippen molar-refractivity contribution >= 4 is 5.69 Å². The van der Waals surface area contributed by atoms with Gasteiger partial charge in [-0.1, -0.05) is 0 Å². The molecule has 2 aromatic rings. The fourth-order valence-corrected chi connectivity index (χ4v) is 2.45. The third-order valence-corrected chi connectivity index (χ3v) is 3.45. The molecule has 0 bridgehead atoms. The van der Waals surface area contributed by atoms with Gasteiger partial charge in [-0.25, -0.2) is 0 Å². The van der Waals surface area contributed by atoms with E-state index in [1.807, 2.05) is 26.1 Å². The van der Waals surface area contributed by atoms with Crippen molar-refractivity contribution in [3.8, 4) is 5.75 Å². The van der Waals surface area contributed by atoms with Crippen molar-refractivity contribution in [2.75, 3.05) is 18.0 Å². The second-order valence-electron chi connectivity index (χ2n) is 5.13. The van der Waals surface area contributed by atoms with Gasteiger partial charge in [0.25, 0.3) is 0 Å². The Morgan fingerprint density at radius 2 is 2.25 bits per heavy atom. The molecule has 0 aliphatic carbocycles. The first-order chi connectivity index (χ1) is 9.61. The highest BCUT2D eigenvalue weighted by atomic mass is 16.5. The van der Waals surface area contributed by atoms with Gasteiger partial charge >= 0.3 is 0 Å². The number of aliphatic hydroxyl groups is 1. The summed E-state index contributed by atoms with van der Waals surface area (Å²) in [6.45, 7) is 3.17. The van der Waals surface area contributed by atoms with Gasteiger partial charge in [-0.15, -0.1) is 0 Å². The lowest BCUT2D eigenvalue weighted by Gasteiger charge is -2.18. The third kappa shape index (κ3) is 2.60. The molecule has 3 heterocycles. The predicted octanol–water partition coefficient (Wildman–Crippen LogP) is 0.752. The maximum Gasteiger partial charge on any atom is 0.157 e. The maximum atomic E-state index is 10.1. The van der Waals surface area contributed by atoms with Gasteiger partial charge in [0.2, 0.25) is 0 Å². The minimum absolute atomic E-state index is 0.243. The lowest BCUT2D eigenvalue weighted by molar-refractivity contribution is 0.0737. The van der Waals surface area contributed by atoms with Crippen molar-refractivity contribution in [3.05, 3.63) is 36.4 Å². The zero-order valence-electron chi connectivity index (χ0n) is 11.6. The number of ether oxygens (including phenoxy) is 1. The normalized spacial score (nSPS) is 22.2. The van der Waals surface area contributed by atoms with Crippen LogP contribution in [0.4, 0.5) is 5.69 Å². The summed E-state index contributed by atoms with van der Waals surface area (Å²) in [6.07, 6.45) is 4.49. The minimum atomic E-state index is -0.510. The maximum absolute atomic E-state index is 10.1. The molecule has 0 aromatic carbocycles. The van der Waals surface area contributed by atoms with Crippen LogP contribution >= 0.6 is 0 Å².